The van der Waals surface area contributed by atoms with Gasteiger partial charge in [-0.15, -0.1) is 11.3 Å². The van der Waals surface area contributed by atoms with E-state index in [1.807, 2.05) is 49.4 Å². The number of esters is 1. The third kappa shape index (κ3) is 8.91. The largest absolute Gasteiger partial charge is 0.494 e. The molecule has 2 aromatic heterocycles. The Labute approximate surface area is 278 Å². The van der Waals surface area contributed by atoms with Crippen LogP contribution in [0.5, 0.6) is 5.75 Å². The quantitative estimate of drug-likeness (QED) is 0.0848. The highest BCUT2D eigenvalue weighted by molar-refractivity contribution is 7.17. The Balaban J connectivity index is 1.06. The number of benzene rings is 2. The van der Waals surface area contributed by atoms with Crippen LogP contribution in [0.2, 0.25) is 0 Å². The predicted octanol–water partition coefficient (Wildman–Crippen LogP) is 8.47. The third-order valence-corrected chi connectivity index (χ3v) is 10.2. The van der Waals surface area contributed by atoms with Crippen LogP contribution in [0.3, 0.4) is 0 Å². The standard InChI is InChI=1S/C38H51N3O4S/c1-4-5-6-7-8-9-20-38(2,3)37(43)45-29-41-34-28-31(17-15-30(34)16-18-36(41)42)44-26-11-10-21-39-22-24-40(25-23-39)33-13-12-14-35-32(33)19-27-46-35/h12-19,27-28H,4-11,20-26,29H2,1-3H3. The van der Waals surface area contributed by atoms with Crippen molar-refractivity contribution in [2.75, 3.05) is 44.2 Å². The molecule has 0 saturated carbocycles. The smallest absolute Gasteiger partial charge is 0.313 e. The van der Waals surface area contributed by atoms with Crippen molar-refractivity contribution in [1.29, 1.82) is 0 Å². The molecule has 248 valence electrons. The van der Waals surface area contributed by atoms with Gasteiger partial charge in [0.15, 0.2) is 6.73 Å². The molecule has 3 heterocycles. The molecular formula is C38H51N3O4S. The third-order valence-electron chi connectivity index (χ3n) is 9.32. The molecule has 1 aliphatic rings. The van der Waals surface area contributed by atoms with E-state index in [1.54, 1.807) is 0 Å². The number of hydrogen-bond acceptors (Lipinski definition) is 7. The van der Waals surface area contributed by atoms with Gasteiger partial charge in [-0.2, -0.15) is 0 Å². The molecule has 0 amide bonds. The fraction of sp³-hybridized carbons (Fsp3) is 0.526. The molecular weight excluding hydrogens is 595 g/mol. The summed E-state index contributed by atoms with van der Waals surface area (Å²) in [7, 11) is 0. The highest BCUT2D eigenvalue weighted by Crippen LogP contribution is 2.31. The summed E-state index contributed by atoms with van der Waals surface area (Å²) in [6.45, 7) is 11.9. The van der Waals surface area contributed by atoms with E-state index in [1.165, 1.54) is 52.1 Å². The molecule has 0 aliphatic carbocycles. The fourth-order valence-corrected chi connectivity index (χ4v) is 7.16. The van der Waals surface area contributed by atoms with E-state index in [0.29, 0.717) is 12.1 Å². The van der Waals surface area contributed by atoms with Gasteiger partial charge in [0.25, 0.3) is 5.56 Å². The molecule has 5 rings (SSSR count). The summed E-state index contributed by atoms with van der Waals surface area (Å²) in [6.07, 6.45) is 9.91. The van der Waals surface area contributed by atoms with Crippen molar-refractivity contribution in [1.82, 2.24) is 9.47 Å². The molecule has 0 bridgehead atoms. The van der Waals surface area contributed by atoms with E-state index in [0.717, 1.165) is 76.0 Å². The Hall–Kier alpha value is -3.36. The first-order valence-corrected chi connectivity index (χ1v) is 18.1. The van der Waals surface area contributed by atoms with Crippen LogP contribution >= 0.6 is 11.3 Å². The van der Waals surface area contributed by atoms with Gasteiger partial charge < -0.3 is 14.4 Å². The Morgan fingerprint density at radius 2 is 1.67 bits per heavy atom. The summed E-state index contributed by atoms with van der Waals surface area (Å²) in [5.74, 6) is 0.455. The van der Waals surface area contributed by atoms with Crippen molar-refractivity contribution in [2.24, 2.45) is 5.41 Å². The summed E-state index contributed by atoms with van der Waals surface area (Å²) >= 11 is 1.81. The number of hydrogen-bond donors (Lipinski definition) is 0. The zero-order chi connectivity index (χ0) is 32.4. The van der Waals surface area contributed by atoms with Crippen LogP contribution in [-0.2, 0) is 16.3 Å². The maximum absolute atomic E-state index is 13.0. The van der Waals surface area contributed by atoms with Crippen molar-refractivity contribution in [2.45, 2.75) is 85.3 Å². The van der Waals surface area contributed by atoms with Crippen molar-refractivity contribution in [3.8, 4) is 5.75 Å². The van der Waals surface area contributed by atoms with Gasteiger partial charge in [0, 0.05) is 54.1 Å². The van der Waals surface area contributed by atoms with E-state index >= 15 is 0 Å². The minimum atomic E-state index is -0.584. The second-order valence-electron chi connectivity index (χ2n) is 13.3. The molecule has 0 unspecified atom stereocenters. The molecule has 0 N–H and O–H groups in total. The minimum Gasteiger partial charge on any atom is -0.494 e. The molecule has 4 aromatic rings. The summed E-state index contributed by atoms with van der Waals surface area (Å²) in [6, 6.07) is 18.0. The number of anilines is 1. The van der Waals surface area contributed by atoms with Crippen LogP contribution in [0.15, 0.2) is 64.8 Å². The monoisotopic (exact) mass is 645 g/mol. The Kier molecular flexibility index (Phi) is 12.2. The van der Waals surface area contributed by atoms with E-state index in [4.69, 9.17) is 9.47 Å². The number of ether oxygens (including phenoxy) is 2. The van der Waals surface area contributed by atoms with Gasteiger partial charge >= 0.3 is 5.97 Å². The number of unbranched alkanes of at least 4 members (excludes halogenated alkanes) is 6. The van der Waals surface area contributed by atoms with Crippen LogP contribution in [0, 0.1) is 5.41 Å². The summed E-state index contributed by atoms with van der Waals surface area (Å²) in [5.41, 5.74) is 1.29. The highest BCUT2D eigenvalue weighted by Gasteiger charge is 2.29. The van der Waals surface area contributed by atoms with Gasteiger partial charge in [-0.05, 0) is 86.8 Å². The molecule has 0 spiro atoms. The maximum atomic E-state index is 13.0. The molecule has 1 fully saturated rings. The summed E-state index contributed by atoms with van der Waals surface area (Å²) < 4.78 is 14.7. The number of fused-ring (bicyclic) bond motifs is 2. The lowest BCUT2D eigenvalue weighted by Crippen LogP contribution is -2.46. The van der Waals surface area contributed by atoms with E-state index < -0.39 is 5.41 Å². The average Bonchev–Trinajstić information content (AvgIpc) is 3.55. The first kappa shape index (κ1) is 34.0. The predicted molar refractivity (Wildman–Crippen MR) is 191 cm³/mol. The van der Waals surface area contributed by atoms with Crippen molar-refractivity contribution < 1.29 is 14.3 Å². The highest BCUT2D eigenvalue weighted by atomic mass is 32.1. The first-order valence-electron chi connectivity index (χ1n) is 17.2. The van der Waals surface area contributed by atoms with Gasteiger partial charge in [0.2, 0.25) is 0 Å². The molecule has 1 saturated heterocycles. The molecule has 0 atom stereocenters. The zero-order valence-electron chi connectivity index (χ0n) is 28.0. The topological polar surface area (TPSA) is 64.0 Å². The van der Waals surface area contributed by atoms with Gasteiger partial charge in [-0.1, -0.05) is 51.5 Å². The molecule has 7 nitrogen and oxygen atoms in total. The first-order chi connectivity index (χ1) is 22.4. The van der Waals surface area contributed by atoms with Gasteiger partial charge in [-0.25, -0.2) is 0 Å². The number of nitrogens with zero attached hydrogens (tertiary/aromatic N) is 3. The van der Waals surface area contributed by atoms with Crippen LogP contribution in [0.25, 0.3) is 21.0 Å². The van der Waals surface area contributed by atoms with Crippen LogP contribution in [-0.4, -0.2) is 54.8 Å². The van der Waals surface area contributed by atoms with Crippen LogP contribution in [0.1, 0.15) is 78.6 Å². The fourth-order valence-electron chi connectivity index (χ4n) is 6.35. The average molecular weight is 646 g/mol. The normalized spacial score (nSPS) is 14.3. The SMILES string of the molecule is CCCCCCCCC(C)(C)C(=O)OCn1c(=O)ccc2ccc(OCCCCN3CCN(c4cccc5sccc45)CC3)cc21. The Morgan fingerprint density at radius 1 is 0.891 bits per heavy atom. The zero-order valence-corrected chi connectivity index (χ0v) is 28.8. The van der Waals surface area contributed by atoms with Crippen molar-refractivity contribution in [3.05, 3.63) is 70.3 Å². The number of pyridine rings is 1. The Morgan fingerprint density at radius 3 is 2.50 bits per heavy atom. The molecule has 2 aromatic carbocycles. The lowest BCUT2D eigenvalue weighted by atomic mass is 9.87. The number of rotatable bonds is 17. The molecule has 0 radical (unpaired) electrons. The number of thiophene rings is 1. The van der Waals surface area contributed by atoms with Crippen molar-refractivity contribution >= 4 is 44.0 Å². The van der Waals surface area contributed by atoms with E-state index in [-0.39, 0.29) is 18.3 Å². The summed E-state index contributed by atoms with van der Waals surface area (Å²) in [5, 5.41) is 4.45. The van der Waals surface area contributed by atoms with Crippen LogP contribution < -0.4 is 15.2 Å². The maximum Gasteiger partial charge on any atom is 0.313 e. The van der Waals surface area contributed by atoms with Crippen molar-refractivity contribution in [3.63, 3.8) is 0 Å². The molecule has 46 heavy (non-hydrogen) atoms. The number of carbonyl (C=O) groups is 1. The number of aromatic nitrogens is 1. The number of carbonyl (C=O) groups excluding carboxylic acids is 1. The number of piperazine rings is 1. The second kappa shape index (κ2) is 16.5. The molecule has 1 aliphatic heterocycles. The summed E-state index contributed by atoms with van der Waals surface area (Å²) in [4.78, 5) is 30.9. The van der Waals surface area contributed by atoms with Gasteiger partial charge in [0.1, 0.15) is 5.75 Å². The van der Waals surface area contributed by atoms with E-state index in [9.17, 15) is 9.59 Å². The minimum absolute atomic E-state index is 0.103. The van der Waals surface area contributed by atoms with Crippen LogP contribution in [0.4, 0.5) is 5.69 Å². The lowest BCUT2D eigenvalue weighted by Gasteiger charge is -2.36. The molecule has 8 heteroatoms. The second-order valence-corrected chi connectivity index (χ2v) is 14.2. The lowest BCUT2D eigenvalue weighted by molar-refractivity contribution is -0.158. The van der Waals surface area contributed by atoms with Gasteiger partial charge in [-0.3, -0.25) is 19.1 Å². The van der Waals surface area contributed by atoms with Gasteiger partial charge in [0.05, 0.1) is 17.5 Å². The Bertz CT molecular complexity index is 1620. The van der Waals surface area contributed by atoms with E-state index in [2.05, 4.69) is 46.4 Å².